The molecular formula is C15H25NO4. The molecule has 114 valence electrons. The molecule has 0 aliphatic carbocycles. The van der Waals surface area contributed by atoms with E-state index in [4.69, 9.17) is 4.74 Å². The highest BCUT2D eigenvalue weighted by Gasteiger charge is 2.19. The molecule has 0 aliphatic heterocycles. The summed E-state index contributed by atoms with van der Waals surface area (Å²) >= 11 is 0. The topological polar surface area (TPSA) is 82.0 Å². The summed E-state index contributed by atoms with van der Waals surface area (Å²) in [5, 5.41) is 32.7. The van der Waals surface area contributed by atoms with Crippen molar-refractivity contribution in [1.82, 2.24) is 5.32 Å². The van der Waals surface area contributed by atoms with Gasteiger partial charge in [0.2, 0.25) is 0 Å². The molecule has 1 rings (SSSR count). The van der Waals surface area contributed by atoms with Gasteiger partial charge in [-0.3, -0.25) is 0 Å². The lowest BCUT2D eigenvalue weighted by atomic mass is 9.96. The van der Waals surface area contributed by atoms with Crippen LogP contribution in [0.5, 0.6) is 5.75 Å². The molecule has 0 aliphatic rings. The average molecular weight is 283 g/mol. The van der Waals surface area contributed by atoms with Gasteiger partial charge >= 0.3 is 0 Å². The van der Waals surface area contributed by atoms with Crippen LogP contribution in [0.3, 0.4) is 0 Å². The van der Waals surface area contributed by atoms with Crippen LogP contribution < -0.4 is 5.32 Å². The lowest BCUT2D eigenvalue weighted by molar-refractivity contribution is 0.150. The zero-order chi connectivity index (χ0) is 15.3. The van der Waals surface area contributed by atoms with Gasteiger partial charge in [-0.25, -0.2) is 0 Å². The first-order valence-corrected chi connectivity index (χ1v) is 6.66. The first-order valence-electron chi connectivity index (χ1n) is 6.66. The van der Waals surface area contributed by atoms with Crippen LogP contribution >= 0.6 is 0 Å². The summed E-state index contributed by atoms with van der Waals surface area (Å²) < 4.78 is 5.11. The number of phenols is 1. The third-order valence-corrected chi connectivity index (χ3v) is 3.07. The highest BCUT2D eigenvalue weighted by molar-refractivity contribution is 5.44. The fourth-order valence-electron chi connectivity index (χ4n) is 2.01. The van der Waals surface area contributed by atoms with E-state index in [0.29, 0.717) is 23.2 Å². The van der Waals surface area contributed by atoms with E-state index in [2.05, 4.69) is 5.32 Å². The molecule has 0 bridgehead atoms. The molecule has 0 spiro atoms. The molecule has 20 heavy (non-hydrogen) atoms. The third-order valence-electron chi connectivity index (χ3n) is 3.07. The molecule has 0 saturated heterocycles. The van der Waals surface area contributed by atoms with Crippen molar-refractivity contribution in [3.8, 4) is 5.75 Å². The van der Waals surface area contributed by atoms with E-state index in [0.717, 1.165) is 0 Å². The number of methoxy groups -OCH3 is 1. The highest BCUT2D eigenvalue weighted by Crippen LogP contribution is 2.29. The van der Waals surface area contributed by atoms with Gasteiger partial charge in [-0.2, -0.15) is 0 Å². The second-order valence-corrected chi connectivity index (χ2v) is 5.87. The Morgan fingerprint density at radius 3 is 2.40 bits per heavy atom. The molecule has 0 saturated carbocycles. The number of hydrogen-bond donors (Lipinski definition) is 4. The molecular weight excluding hydrogens is 258 g/mol. The van der Waals surface area contributed by atoms with Gasteiger partial charge in [-0.1, -0.05) is 6.07 Å². The zero-order valence-corrected chi connectivity index (χ0v) is 12.6. The maximum absolute atomic E-state index is 10.3. The van der Waals surface area contributed by atoms with Crippen LogP contribution in [0.25, 0.3) is 0 Å². The first-order chi connectivity index (χ1) is 9.30. The quantitative estimate of drug-likeness (QED) is 0.635. The van der Waals surface area contributed by atoms with Gasteiger partial charge < -0.3 is 25.4 Å². The molecule has 5 nitrogen and oxygen atoms in total. The monoisotopic (exact) mass is 283 g/mol. The Kier molecular flexibility index (Phi) is 5.95. The number of aliphatic hydroxyl groups excluding tert-OH is 2. The number of β-amino-alcohol motifs (C(OH)–C–C–N with tert-alkyl or cyclic N) is 1. The number of rotatable bonds is 6. The minimum Gasteiger partial charge on any atom is -0.508 e. The molecule has 0 heterocycles. The molecule has 1 aromatic rings. The van der Waals surface area contributed by atoms with Crippen molar-refractivity contribution in [1.29, 1.82) is 0 Å². The van der Waals surface area contributed by atoms with Crippen LogP contribution in [-0.4, -0.2) is 34.5 Å². The summed E-state index contributed by atoms with van der Waals surface area (Å²) in [7, 11) is 1.54. The second-order valence-electron chi connectivity index (χ2n) is 5.87. The molecule has 1 aromatic carbocycles. The summed E-state index contributed by atoms with van der Waals surface area (Å²) in [4.78, 5) is 0. The average Bonchev–Trinajstić information content (AvgIpc) is 2.36. The van der Waals surface area contributed by atoms with Crippen molar-refractivity contribution < 1.29 is 20.1 Å². The number of ether oxygens (including phenoxy) is 1. The standard InChI is InChI=1S/C15H25NO4/c1-15(2,3)16-7-14(19)10-5-6-13(18)11(8-17)12(10)9-20-4/h5-6,14,16-19H,7-9H2,1-4H3. The summed E-state index contributed by atoms with van der Waals surface area (Å²) in [5.41, 5.74) is 1.60. The third kappa shape index (κ3) is 4.45. The maximum Gasteiger partial charge on any atom is 0.121 e. The van der Waals surface area contributed by atoms with E-state index in [1.807, 2.05) is 20.8 Å². The Labute approximate surface area is 120 Å². The van der Waals surface area contributed by atoms with Crippen molar-refractivity contribution in [3.63, 3.8) is 0 Å². The van der Waals surface area contributed by atoms with Gasteiger partial charge in [0.1, 0.15) is 5.75 Å². The van der Waals surface area contributed by atoms with Gasteiger partial charge in [0, 0.05) is 24.8 Å². The molecule has 5 heteroatoms. The minimum absolute atomic E-state index is 0.0132. The van der Waals surface area contributed by atoms with E-state index >= 15 is 0 Å². The van der Waals surface area contributed by atoms with Gasteiger partial charge in [-0.15, -0.1) is 0 Å². The van der Waals surface area contributed by atoms with E-state index < -0.39 is 6.10 Å². The minimum atomic E-state index is -0.731. The van der Waals surface area contributed by atoms with Crippen LogP contribution in [0.4, 0.5) is 0 Å². The van der Waals surface area contributed by atoms with Gasteiger partial charge in [-0.05, 0) is 38.0 Å². The Bertz CT molecular complexity index is 440. The second kappa shape index (κ2) is 7.04. The highest BCUT2D eigenvalue weighted by atomic mass is 16.5. The molecule has 0 amide bonds. The van der Waals surface area contributed by atoms with Crippen molar-refractivity contribution in [2.45, 2.75) is 45.6 Å². The van der Waals surface area contributed by atoms with Crippen molar-refractivity contribution in [2.24, 2.45) is 0 Å². The largest absolute Gasteiger partial charge is 0.508 e. The molecule has 0 radical (unpaired) electrons. The molecule has 0 fully saturated rings. The summed E-state index contributed by atoms with van der Waals surface area (Å²) in [5.74, 6) is 0.0132. The Morgan fingerprint density at radius 2 is 1.90 bits per heavy atom. The molecule has 1 atom stereocenters. The lowest BCUT2D eigenvalue weighted by Crippen LogP contribution is -2.38. The lowest BCUT2D eigenvalue weighted by Gasteiger charge is -2.25. The molecule has 4 N–H and O–H groups in total. The van der Waals surface area contributed by atoms with Crippen LogP contribution in [0, 0.1) is 0 Å². The normalized spacial score (nSPS) is 13.5. The summed E-state index contributed by atoms with van der Waals surface area (Å²) in [6.07, 6.45) is -0.731. The zero-order valence-electron chi connectivity index (χ0n) is 12.6. The SMILES string of the molecule is COCc1c(C(O)CNC(C)(C)C)ccc(O)c1CO. The number of nitrogens with one attached hydrogen (secondary N) is 1. The van der Waals surface area contributed by atoms with Gasteiger partial charge in [0.15, 0.2) is 0 Å². The number of hydrogen-bond acceptors (Lipinski definition) is 5. The van der Waals surface area contributed by atoms with Crippen LogP contribution in [0.15, 0.2) is 12.1 Å². The van der Waals surface area contributed by atoms with Gasteiger partial charge in [0.05, 0.1) is 19.3 Å². The molecule has 1 unspecified atom stereocenters. The Balaban J connectivity index is 3.04. The first kappa shape index (κ1) is 16.9. The van der Waals surface area contributed by atoms with E-state index in [1.165, 1.54) is 13.2 Å². The number of aliphatic hydroxyl groups is 2. The van der Waals surface area contributed by atoms with E-state index in [9.17, 15) is 15.3 Å². The van der Waals surface area contributed by atoms with Crippen molar-refractivity contribution in [2.75, 3.05) is 13.7 Å². The fraction of sp³-hybridized carbons (Fsp3) is 0.600. The van der Waals surface area contributed by atoms with Crippen LogP contribution in [0.2, 0.25) is 0 Å². The predicted molar refractivity (Wildman–Crippen MR) is 77.5 cm³/mol. The fourth-order valence-corrected chi connectivity index (χ4v) is 2.01. The predicted octanol–water partition coefficient (Wildman–Crippen LogP) is 1.45. The number of benzene rings is 1. The molecule has 0 aromatic heterocycles. The number of aromatic hydroxyl groups is 1. The van der Waals surface area contributed by atoms with Crippen molar-refractivity contribution in [3.05, 3.63) is 28.8 Å². The van der Waals surface area contributed by atoms with Crippen molar-refractivity contribution >= 4 is 0 Å². The van der Waals surface area contributed by atoms with E-state index in [-0.39, 0.29) is 24.5 Å². The van der Waals surface area contributed by atoms with Crippen LogP contribution in [-0.2, 0) is 18.0 Å². The summed E-state index contributed by atoms with van der Waals surface area (Å²) in [6.45, 7) is 6.38. The summed E-state index contributed by atoms with van der Waals surface area (Å²) in [6, 6.07) is 3.15. The van der Waals surface area contributed by atoms with Crippen LogP contribution in [0.1, 0.15) is 43.6 Å². The van der Waals surface area contributed by atoms with Gasteiger partial charge in [0.25, 0.3) is 0 Å². The Hall–Kier alpha value is -1.14. The maximum atomic E-state index is 10.3. The smallest absolute Gasteiger partial charge is 0.121 e. The van der Waals surface area contributed by atoms with E-state index in [1.54, 1.807) is 6.07 Å². The Morgan fingerprint density at radius 1 is 1.25 bits per heavy atom.